The second-order valence-electron chi connectivity index (χ2n) is 5.50. The Kier molecular flexibility index (Phi) is 6.19. The number of carbonyl (C=O) groups is 3. The van der Waals surface area contributed by atoms with Gasteiger partial charge in [-0.05, 0) is 47.0 Å². The van der Waals surface area contributed by atoms with E-state index in [1.54, 1.807) is 12.1 Å². The summed E-state index contributed by atoms with van der Waals surface area (Å²) in [5, 5.41) is 0. The van der Waals surface area contributed by atoms with Crippen molar-refractivity contribution in [2.45, 2.75) is 12.8 Å². The quantitative estimate of drug-likeness (QED) is 0.754. The summed E-state index contributed by atoms with van der Waals surface area (Å²) >= 11 is 3.26. The van der Waals surface area contributed by atoms with Crippen molar-refractivity contribution in [3.05, 3.63) is 28.2 Å². The summed E-state index contributed by atoms with van der Waals surface area (Å²) in [6.07, 6.45) is 1.38. The first-order valence-corrected chi connectivity index (χ1v) is 8.29. The Morgan fingerprint density at radius 1 is 1.38 bits per heavy atom. The number of likely N-dealkylation sites (tertiary alicyclic amines) is 1. The highest BCUT2D eigenvalue weighted by Crippen LogP contribution is 2.23. The average Bonchev–Trinajstić information content (AvgIpc) is 2.59. The zero-order valence-corrected chi connectivity index (χ0v) is 14.9. The molecular weight excluding hydrogens is 380 g/mol. The van der Waals surface area contributed by atoms with E-state index in [4.69, 9.17) is 15.2 Å². The van der Waals surface area contributed by atoms with Crippen molar-refractivity contribution in [3.63, 3.8) is 0 Å². The van der Waals surface area contributed by atoms with E-state index < -0.39 is 11.9 Å². The van der Waals surface area contributed by atoms with Gasteiger partial charge in [0.15, 0.2) is 6.61 Å². The summed E-state index contributed by atoms with van der Waals surface area (Å²) in [6.45, 7) is 0.422. The van der Waals surface area contributed by atoms with Crippen molar-refractivity contribution in [1.82, 2.24) is 4.90 Å². The summed E-state index contributed by atoms with van der Waals surface area (Å²) in [6, 6.07) is 4.89. The number of benzene rings is 1. The van der Waals surface area contributed by atoms with Crippen molar-refractivity contribution in [1.29, 1.82) is 0 Å². The Labute approximate surface area is 148 Å². The van der Waals surface area contributed by atoms with Crippen LogP contribution >= 0.6 is 15.9 Å². The number of piperidine rings is 1. The van der Waals surface area contributed by atoms with Crippen LogP contribution in [-0.2, 0) is 14.3 Å². The summed E-state index contributed by atoms with van der Waals surface area (Å²) < 4.78 is 10.7. The highest BCUT2D eigenvalue weighted by Gasteiger charge is 2.27. The van der Waals surface area contributed by atoms with Crippen molar-refractivity contribution < 1.29 is 23.9 Å². The number of amides is 2. The van der Waals surface area contributed by atoms with E-state index in [1.807, 2.05) is 0 Å². The minimum atomic E-state index is -0.627. The lowest BCUT2D eigenvalue weighted by atomic mass is 9.97. The first kappa shape index (κ1) is 18.3. The summed E-state index contributed by atoms with van der Waals surface area (Å²) in [4.78, 5) is 37.1. The molecule has 1 aromatic carbocycles. The molecule has 7 nitrogen and oxygen atoms in total. The molecule has 1 aliphatic heterocycles. The number of hydrogen-bond acceptors (Lipinski definition) is 5. The van der Waals surface area contributed by atoms with Gasteiger partial charge in [-0.15, -0.1) is 0 Å². The number of ether oxygens (including phenoxy) is 2. The molecule has 0 saturated carbocycles. The smallest absolute Gasteiger partial charge is 0.339 e. The third kappa shape index (κ3) is 4.47. The van der Waals surface area contributed by atoms with Crippen LogP contribution in [0, 0.1) is 5.92 Å². The van der Waals surface area contributed by atoms with Crippen molar-refractivity contribution in [3.8, 4) is 5.75 Å². The first-order valence-electron chi connectivity index (χ1n) is 7.50. The lowest BCUT2D eigenvalue weighted by Crippen LogP contribution is -2.45. The molecule has 0 bridgehead atoms. The van der Waals surface area contributed by atoms with Gasteiger partial charge < -0.3 is 20.1 Å². The molecule has 0 unspecified atom stereocenters. The van der Waals surface area contributed by atoms with Gasteiger partial charge in [0.05, 0.1) is 18.6 Å². The molecular formula is C16H19BrN2O5. The van der Waals surface area contributed by atoms with E-state index in [-0.39, 0.29) is 30.5 Å². The number of primary amides is 1. The molecule has 2 N–H and O–H groups in total. The maximum Gasteiger partial charge on any atom is 0.339 e. The molecule has 1 aliphatic rings. The van der Waals surface area contributed by atoms with Gasteiger partial charge >= 0.3 is 5.97 Å². The highest BCUT2D eigenvalue weighted by molar-refractivity contribution is 9.10. The van der Waals surface area contributed by atoms with Gasteiger partial charge in [-0.3, -0.25) is 9.59 Å². The lowest BCUT2D eigenvalue weighted by Gasteiger charge is -2.31. The number of rotatable bonds is 5. The molecule has 1 atom stereocenters. The molecule has 24 heavy (non-hydrogen) atoms. The fourth-order valence-corrected chi connectivity index (χ4v) is 2.93. The number of hydrogen-bond donors (Lipinski definition) is 1. The second-order valence-corrected chi connectivity index (χ2v) is 6.36. The fourth-order valence-electron chi connectivity index (χ4n) is 2.52. The van der Waals surface area contributed by atoms with Gasteiger partial charge in [0, 0.05) is 17.6 Å². The Morgan fingerprint density at radius 3 is 2.79 bits per heavy atom. The predicted octanol–water partition coefficient (Wildman–Crippen LogP) is 1.34. The first-order chi connectivity index (χ1) is 11.4. The normalized spacial score (nSPS) is 17.2. The van der Waals surface area contributed by atoms with Gasteiger partial charge in [0.1, 0.15) is 5.75 Å². The summed E-state index contributed by atoms with van der Waals surface area (Å²) in [5.41, 5.74) is 5.57. The van der Waals surface area contributed by atoms with Crippen molar-refractivity contribution in [2.75, 3.05) is 26.8 Å². The maximum absolute atomic E-state index is 12.2. The van der Waals surface area contributed by atoms with Crippen LogP contribution in [0.1, 0.15) is 23.2 Å². The molecule has 0 radical (unpaired) electrons. The van der Waals surface area contributed by atoms with Crippen LogP contribution in [0.15, 0.2) is 22.7 Å². The van der Waals surface area contributed by atoms with Crippen molar-refractivity contribution >= 4 is 33.7 Å². The molecule has 0 aromatic heterocycles. The molecule has 130 valence electrons. The molecule has 1 aromatic rings. The maximum atomic E-state index is 12.2. The molecule has 0 spiro atoms. The molecule has 8 heteroatoms. The largest absolute Gasteiger partial charge is 0.497 e. The minimum Gasteiger partial charge on any atom is -0.497 e. The third-order valence-corrected chi connectivity index (χ3v) is 4.59. The SMILES string of the molecule is COc1ccc(Br)c(C(=O)OCC(=O)N2CCC[C@@H](C(N)=O)C2)c1. The molecule has 2 rings (SSSR count). The van der Waals surface area contributed by atoms with Crippen molar-refractivity contribution in [2.24, 2.45) is 11.7 Å². The molecule has 0 aliphatic carbocycles. The molecule has 1 saturated heterocycles. The van der Waals surface area contributed by atoms with Crippen LogP contribution in [-0.4, -0.2) is 49.5 Å². The van der Waals surface area contributed by atoms with Gasteiger partial charge in [-0.2, -0.15) is 0 Å². The second kappa shape index (κ2) is 8.14. The Bertz CT molecular complexity index is 649. The van der Waals surface area contributed by atoms with E-state index in [2.05, 4.69) is 15.9 Å². The number of nitrogens with two attached hydrogens (primary N) is 1. The Hall–Kier alpha value is -2.09. The van der Waals surface area contributed by atoms with E-state index in [0.717, 1.165) is 0 Å². The number of methoxy groups -OCH3 is 1. The summed E-state index contributed by atoms with van der Waals surface area (Å²) in [5.74, 6) is -1.21. The van der Waals surface area contributed by atoms with Gasteiger partial charge in [0.2, 0.25) is 5.91 Å². The number of carbonyl (C=O) groups excluding carboxylic acids is 3. The average molecular weight is 399 g/mol. The Balaban J connectivity index is 1.94. The predicted molar refractivity (Wildman–Crippen MR) is 89.5 cm³/mol. The highest BCUT2D eigenvalue weighted by atomic mass is 79.9. The number of esters is 1. The number of halogens is 1. The van der Waals surface area contributed by atoms with E-state index in [1.165, 1.54) is 18.1 Å². The fraction of sp³-hybridized carbons (Fsp3) is 0.438. The van der Waals surface area contributed by atoms with Crippen LogP contribution in [0.3, 0.4) is 0 Å². The number of nitrogens with zero attached hydrogens (tertiary/aromatic N) is 1. The van der Waals surface area contributed by atoms with Gasteiger partial charge in [-0.25, -0.2) is 4.79 Å². The zero-order valence-electron chi connectivity index (χ0n) is 13.3. The Morgan fingerprint density at radius 2 is 2.12 bits per heavy atom. The van der Waals surface area contributed by atoms with Crippen LogP contribution in [0.5, 0.6) is 5.75 Å². The zero-order chi connectivity index (χ0) is 17.7. The van der Waals surface area contributed by atoms with Gasteiger partial charge in [0.25, 0.3) is 5.91 Å². The van der Waals surface area contributed by atoms with Crippen LogP contribution < -0.4 is 10.5 Å². The van der Waals surface area contributed by atoms with Crippen LogP contribution in [0.4, 0.5) is 0 Å². The lowest BCUT2D eigenvalue weighted by molar-refractivity contribution is -0.137. The van der Waals surface area contributed by atoms with Gasteiger partial charge in [-0.1, -0.05) is 0 Å². The topological polar surface area (TPSA) is 98.9 Å². The standard InChI is InChI=1S/C16H19BrN2O5/c1-23-11-4-5-13(17)12(7-11)16(22)24-9-14(20)19-6-2-3-10(8-19)15(18)21/h4-5,7,10H,2-3,6,8-9H2,1H3,(H2,18,21)/t10-/m1/s1. The minimum absolute atomic E-state index is 0.272. The third-order valence-electron chi connectivity index (χ3n) is 3.90. The molecule has 2 amide bonds. The van der Waals surface area contributed by atoms with Crippen LogP contribution in [0.2, 0.25) is 0 Å². The van der Waals surface area contributed by atoms with Crippen LogP contribution in [0.25, 0.3) is 0 Å². The molecule has 1 heterocycles. The molecule has 1 fully saturated rings. The van der Waals surface area contributed by atoms with E-state index in [0.29, 0.717) is 29.6 Å². The summed E-state index contributed by atoms with van der Waals surface area (Å²) in [7, 11) is 1.49. The van der Waals surface area contributed by atoms with E-state index in [9.17, 15) is 14.4 Å². The monoisotopic (exact) mass is 398 g/mol. The van der Waals surface area contributed by atoms with E-state index >= 15 is 0 Å².